The topological polar surface area (TPSA) is 77.1 Å². The predicted octanol–water partition coefficient (Wildman–Crippen LogP) is 4.10. The van der Waals surface area contributed by atoms with Crippen molar-refractivity contribution in [1.82, 2.24) is 25.4 Å². The van der Waals surface area contributed by atoms with E-state index < -0.39 is 0 Å². The first-order valence-electron chi connectivity index (χ1n) is 12.3. The number of H-pyrrole nitrogens is 1. The summed E-state index contributed by atoms with van der Waals surface area (Å²) in [5.41, 5.74) is 6.34. The number of carbonyl (C=O) groups is 1. The molecule has 4 aromatic rings. The highest BCUT2D eigenvalue weighted by Crippen LogP contribution is 2.49. The largest absolute Gasteiger partial charge is 0.369 e. The number of anilines is 1. The third-order valence-electron chi connectivity index (χ3n) is 7.46. The molecule has 2 aromatic heterocycles. The summed E-state index contributed by atoms with van der Waals surface area (Å²) in [7, 11) is 2.15. The molecule has 178 valence electrons. The lowest BCUT2D eigenvalue weighted by molar-refractivity contribution is 0.0930. The van der Waals surface area contributed by atoms with Gasteiger partial charge in [0.05, 0.1) is 22.9 Å². The molecular formula is C28H30N6O. The first-order valence-corrected chi connectivity index (χ1v) is 12.3. The van der Waals surface area contributed by atoms with Crippen molar-refractivity contribution in [3.05, 3.63) is 77.6 Å². The molecule has 2 N–H and O–H groups in total. The van der Waals surface area contributed by atoms with Crippen LogP contribution in [0.1, 0.15) is 34.3 Å². The number of benzene rings is 2. The van der Waals surface area contributed by atoms with Gasteiger partial charge >= 0.3 is 0 Å². The Morgan fingerprint density at radius 2 is 1.86 bits per heavy atom. The van der Waals surface area contributed by atoms with Crippen LogP contribution in [-0.4, -0.2) is 59.2 Å². The van der Waals surface area contributed by atoms with Gasteiger partial charge in [-0.05, 0) is 62.2 Å². The monoisotopic (exact) mass is 466 g/mol. The molecule has 6 rings (SSSR count). The van der Waals surface area contributed by atoms with E-state index in [1.165, 1.54) is 0 Å². The van der Waals surface area contributed by atoms with E-state index in [0.717, 1.165) is 83.6 Å². The van der Waals surface area contributed by atoms with E-state index in [9.17, 15) is 4.79 Å². The van der Waals surface area contributed by atoms with Gasteiger partial charge in [0.1, 0.15) is 0 Å². The molecule has 7 nitrogen and oxygen atoms in total. The van der Waals surface area contributed by atoms with Gasteiger partial charge in [0, 0.05) is 54.6 Å². The number of aromatic nitrogens is 3. The van der Waals surface area contributed by atoms with Crippen LogP contribution in [0.5, 0.6) is 0 Å². The van der Waals surface area contributed by atoms with E-state index >= 15 is 0 Å². The van der Waals surface area contributed by atoms with E-state index in [0.29, 0.717) is 0 Å². The third-order valence-corrected chi connectivity index (χ3v) is 7.46. The van der Waals surface area contributed by atoms with Gasteiger partial charge < -0.3 is 15.1 Å². The van der Waals surface area contributed by atoms with Gasteiger partial charge in [-0.15, -0.1) is 0 Å². The Morgan fingerprint density at radius 1 is 1.06 bits per heavy atom. The Labute approximate surface area is 205 Å². The summed E-state index contributed by atoms with van der Waals surface area (Å²) in [6, 6.07) is 16.6. The lowest BCUT2D eigenvalue weighted by Gasteiger charge is -2.34. The van der Waals surface area contributed by atoms with Crippen molar-refractivity contribution >= 4 is 22.5 Å². The molecule has 0 bridgehead atoms. The zero-order chi connectivity index (χ0) is 24.0. The molecule has 2 aliphatic rings. The van der Waals surface area contributed by atoms with Gasteiger partial charge in [0.2, 0.25) is 0 Å². The normalized spacial score (nSPS) is 17.5. The molecule has 1 saturated carbocycles. The van der Waals surface area contributed by atoms with Gasteiger partial charge in [0.15, 0.2) is 0 Å². The number of piperazine rings is 1. The molecule has 0 radical (unpaired) electrons. The summed E-state index contributed by atoms with van der Waals surface area (Å²) >= 11 is 0. The number of para-hydroxylation sites is 1. The highest BCUT2D eigenvalue weighted by molar-refractivity contribution is 5.98. The average Bonchev–Trinajstić information content (AvgIpc) is 3.43. The smallest absolute Gasteiger partial charge is 0.252 e. The van der Waals surface area contributed by atoms with E-state index in [1.807, 2.05) is 31.3 Å². The Bertz CT molecular complexity index is 1380. The van der Waals surface area contributed by atoms with Crippen LogP contribution in [0, 0.1) is 6.92 Å². The lowest BCUT2D eigenvalue weighted by Crippen LogP contribution is -2.44. The molecular weight excluding hydrogens is 436 g/mol. The van der Waals surface area contributed by atoms with Gasteiger partial charge in [-0.3, -0.25) is 9.89 Å². The number of amides is 1. The van der Waals surface area contributed by atoms with Crippen molar-refractivity contribution in [3.63, 3.8) is 0 Å². The zero-order valence-electron chi connectivity index (χ0n) is 20.2. The SMILES string of the molecule is Cc1ccc(N2CCN(C)CC2)cc1C(=O)NC1(c2cc(-c3cn[nH]c3)nc3ccccc23)CC1. The van der Waals surface area contributed by atoms with Crippen LogP contribution in [0.4, 0.5) is 5.69 Å². The number of nitrogens with zero attached hydrogens (tertiary/aromatic N) is 4. The maximum absolute atomic E-state index is 13.7. The van der Waals surface area contributed by atoms with Crippen molar-refractivity contribution in [2.24, 2.45) is 0 Å². The Kier molecular flexibility index (Phi) is 5.29. The number of aromatic amines is 1. The number of likely N-dealkylation sites (N-methyl/N-ethyl adjacent to an activating group) is 1. The summed E-state index contributed by atoms with van der Waals surface area (Å²) in [5.74, 6) is -0.0123. The van der Waals surface area contributed by atoms with Crippen molar-refractivity contribution in [2.75, 3.05) is 38.1 Å². The highest BCUT2D eigenvalue weighted by Gasteiger charge is 2.47. The molecule has 1 amide bonds. The summed E-state index contributed by atoms with van der Waals surface area (Å²) in [6.07, 6.45) is 5.46. The van der Waals surface area contributed by atoms with Gasteiger partial charge in [-0.2, -0.15) is 5.10 Å². The van der Waals surface area contributed by atoms with E-state index in [2.05, 4.69) is 62.7 Å². The number of carbonyl (C=O) groups excluding carboxylic acids is 1. The second-order valence-corrected chi connectivity index (χ2v) is 9.88. The average molecular weight is 467 g/mol. The van der Waals surface area contributed by atoms with E-state index in [1.54, 1.807) is 6.20 Å². The van der Waals surface area contributed by atoms with Crippen molar-refractivity contribution in [3.8, 4) is 11.3 Å². The summed E-state index contributed by atoms with van der Waals surface area (Å²) < 4.78 is 0. The number of hydrogen-bond donors (Lipinski definition) is 2. The van der Waals surface area contributed by atoms with Gasteiger partial charge in [-0.1, -0.05) is 24.3 Å². The maximum Gasteiger partial charge on any atom is 0.252 e. The molecule has 2 aromatic carbocycles. The summed E-state index contributed by atoms with van der Waals surface area (Å²) in [6.45, 7) is 6.04. The van der Waals surface area contributed by atoms with Crippen molar-refractivity contribution in [2.45, 2.75) is 25.3 Å². The predicted molar refractivity (Wildman–Crippen MR) is 139 cm³/mol. The summed E-state index contributed by atoms with van der Waals surface area (Å²) in [4.78, 5) is 23.2. The van der Waals surface area contributed by atoms with Crippen molar-refractivity contribution in [1.29, 1.82) is 0 Å². The number of nitrogens with one attached hydrogen (secondary N) is 2. The quantitative estimate of drug-likeness (QED) is 0.463. The maximum atomic E-state index is 13.7. The molecule has 1 aliphatic carbocycles. The second-order valence-electron chi connectivity index (χ2n) is 9.88. The number of fused-ring (bicyclic) bond motifs is 1. The minimum absolute atomic E-state index is 0.0123. The van der Waals surface area contributed by atoms with Crippen LogP contribution < -0.4 is 10.2 Å². The zero-order valence-corrected chi connectivity index (χ0v) is 20.2. The Morgan fingerprint density at radius 3 is 2.60 bits per heavy atom. The molecule has 0 spiro atoms. The molecule has 1 aliphatic heterocycles. The highest BCUT2D eigenvalue weighted by atomic mass is 16.1. The molecule has 0 unspecified atom stereocenters. The Balaban J connectivity index is 1.33. The van der Waals surface area contributed by atoms with E-state index in [-0.39, 0.29) is 11.4 Å². The van der Waals surface area contributed by atoms with Crippen LogP contribution in [0.2, 0.25) is 0 Å². The van der Waals surface area contributed by atoms with Crippen LogP contribution in [0.15, 0.2) is 60.9 Å². The van der Waals surface area contributed by atoms with Crippen LogP contribution in [-0.2, 0) is 5.54 Å². The van der Waals surface area contributed by atoms with Crippen molar-refractivity contribution < 1.29 is 4.79 Å². The first kappa shape index (κ1) is 21.8. The van der Waals surface area contributed by atoms with Gasteiger partial charge in [-0.25, -0.2) is 4.98 Å². The third kappa shape index (κ3) is 4.06. The molecule has 3 heterocycles. The minimum Gasteiger partial charge on any atom is -0.369 e. The first-order chi connectivity index (χ1) is 17.0. The fourth-order valence-electron chi connectivity index (χ4n) is 5.10. The standard InChI is InChI=1S/C28H30N6O/c1-19-7-8-21(34-13-11-33(2)12-14-34)15-23(19)27(35)32-28(9-10-28)24-16-26(20-17-29-30-18-20)31-25-6-4-3-5-22(24)25/h3-8,15-18H,9-14H2,1-2H3,(H,29,30)(H,32,35). The number of rotatable bonds is 5. The van der Waals surface area contributed by atoms with Gasteiger partial charge in [0.25, 0.3) is 5.91 Å². The lowest BCUT2D eigenvalue weighted by atomic mass is 9.96. The number of aryl methyl sites for hydroxylation is 1. The fraction of sp³-hybridized carbons (Fsp3) is 0.321. The number of hydrogen-bond acceptors (Lipinski definition) is 5. The Hall–Kier alpha value is -3.71. The minimum atomic E-state index is -0.381. The molecule has 7 heteroatoms. The van der Waals surface area contributed by atoms with Crippen LogP contribution in [0.25, 0.3) is 22.2 Å². The van der Waals surface area contributed by atoms with E-state index in [4.69, 9.17) is 4.98 Å². The second kappa shape index (κ2) is 8.50. The summed E-state index contributed by atoms with van der Waals surface area (Å²) in [5, 5.41) is 11.5. The fourth-order valence-corrected chi connectivity index (χ4v) is 5.10. The molecule has 1 saturated heterocycles. The number of pyridine rings is 1. The molecule has 0 atom stereocenters. The molecule has 35 heavy (non-hydrogen) atoms. The van der Waals surface area contributed by atoms with Crippen LogP contribution >= 0.6 is 0 Å². The molecule has 2 fully saturated rings. The van der Waals surface area contributed by atoms with Crippen LogP contribution in [0.3, 0.4) is 0 Å².